The lowest BCUT2D eigenvalue weighted by molar-refractivity contribution is 0.340. The van der Waals surface area contributed by atoms with Crippen molar-refractivity contribution < 1.29 is 9.26 Å². The van der Waals surface area contributed by atoms with Gasteiger partial charge in [0, 0.05) is 10.6 Å². The first-order chi connectivity index (χ1) is 17.1. The van der Waals surface area contributed by atoms with Crippen LogP contribution in [-0.4, -0.2) is 26.3 Å². The van der Waals surface area contributed by atoms with E-state index in [4.69, 9.17) is 25.8 Å². The summed E-state index contributed by atoms with van der Waals surface area (Å²) in [6.07, 6.45) is 0. The largest absolute Gasteiger partial charge is 0.494 e. The monoisotopic (exact) mass is 504 g/mol. The van der Waals surface area contributed by atoms with Crippen LogP contribution in [0.1, 0.15) is 18.4 Å². The maximum absolute atomic E-state index is 13.3. The van der Waals surface area contributed by atoms with Crippen LogP contribution in [0.5, 0.6) is 5.75 Å². The maximum Gasteiger partial charge on any atom is 0.262 e. The summed E-state index contributed by atoms with van der Waals surface area (Å²) in [6, 6.07) is 22.3. The summed E-state index contributed by atoms with van der Waals surface area (Å²) in [4.78, 5) is 22.6. The van der Waals surface area contributed by atoms with Gasteiger partial charge in [-0.2, -0.15) is 4.98 Å². The molecule has 3 aromatic carbocycles. The highest BCUT2D eigenvalue weighted by atomic mass is 35.5. The van der Waals surface area contributed by atoms with Gasteiger partial charge in [0.05, 0.1) is 29.8 Å². The molecule has 5 aromatic rings. The Morgan fingerprint density at radius 1 is 1.00 bits per heavy atom. The van der Waals surface area contributed by atoms with Crippen molar-refractivity contribution in [3.8, 4) is 17.1 Å². The molecule has 2 heterocycles. The molecule has 0 unspecified atom stereocenters. The van der Waals surface area contributed by atoms with Crippen molar-refractivity contribution in [2.24, 2.45) is 0 Å². The second-order valence-electron chi connectivity index (χ2n) is 7.65. The highest BCUT2D eigenvalue weighted by molar-refractivity contribution is 7.98. The van der Waals surface area contributed by atoms with Crippen LogP contribution in [0.15, 0.2) is 87.3 Å². The molecule has 0 fully saturated rings. The van der Waals surface area contributed by atoms with E-state index in [0.29, 0.717) is 51.7 Å². The third-order valence-corrected chi connectivity index (χ3v) is 6.66. The van der Waals surface area contributed by atoms with Crippen molar-refractivity contribution in [1.82, 2.24) is 19.7 Å². The van der Waals surface area contributed by atoms with Gasteiger partial charge in [-0.3, -0.25) is 9.36 Å². The molecule has 0 atom stereocenters. The molecule has 0 N–H and O–H groups in total. The fourth-order valence-corrected chi connectivity index (χ4v) is 4.65. The minimum atomic E-state index is -0.126. The topological polar surface area (TPSA) is 83.0 Å². The maximum atomic E-state index is 13.3. The van der Waals surface area contributed by atoms with Gasteiger partial charge in [-0.05, 0) is 55.0 Å². The van der Waals surface area contributed by atoms with Crippen molar-refractivity contribution in [2.45, 2.75) is 24.4 Å². The second kappa shape index (κ2) is 10.3. The lowest BCUT2D eigenvalue weighted by Crippen LogP contribution is -2.24. The number of hydrogen-bond donors (Lipinski definition) is 0. The molecule has 2 aromatic heterocycles. The van der Waals surface area contributed by atoms with E-state index in [1.54, 1.807) is 10.6 Å². The summed E-state index contributed by atoms with van der Waals surface area (Å²) in [5.41, 5.74) is 2.17. The Morgan fingerprint density at radius 2 is 1.77 bits per heavy atom. The molecule has 0 bridgehead atoms. The van der Waals surface area contributed by atoms with Crippen LogP contribution in [-0.2, 0) is 12.3 Å². The first-order valence-electron chi connectivity index (χ1n) is 11.0. The van der Waals surface area contributed by atoms with E-state index in [9.17, 15) is 4.79 Å². The van der Waals surface area contributed by atoms with Gasteiger partial charge < -0.3 is 9.26 Å². The van der Waals surface area contributed by atoms with Gasteiger partial charge in [0.25, 0.3) is 5.56 Å². The molecule has 0 saturated carbocycles. The molecule has 0 radical (unpaired) electrons. The van der Waals surface area contributed by atoms with Crippen molar-refractivity contribution in [3.05, 3.63) is 99.6 Å². The number of aromatic nitrogens is 4. The first kappa shape index (κ1) is 23.1. The van der Waals surface area contributed by atoms with Crippen molar-refractivity contribution in [2.75, 3.05) is 6.61 Å². The fourth-order valence-electron chi connectivity index (χ4n) is 3.62. The number of para-hydroxylation sites is 1. The summed E-state index contributed by atoms with van der Waals surface area (Å²) < 4.78 is 12.6. The quantitative estimate of drug-likeness (QED) is 0.194. The highest BCUT2D eigenvalue weighted by Crippen LogP contribution is 2.26. The smallest absolute Gasteiger partial charge is 0.262 e. The van der Waals surface area contributed by atoms with Crippen molar-refractivity contribution in [3.63, 3.8) is 0 Å². The Bertz CT molecular complexity index is 1530. The molecule has 35 heavy (non-hydrogen) atoms. The third kappa shape index (κ3) is 5.08. The molecule has 0 aliphatic rings. The minimum absolute atomic E-state index is 0.126. The van der Waals surface area contributed by atoms with E-state index in [1.165, 1.54) is 11.8 Å². The SMILES string of the molecule is CCOc1ccc(-c2noc(CSc3nc4ccccc4c(=O)n3Cc3ccccc3Cl)n2)cc1. The molecular formula is C26H21ClN4O3S. The van der Waals surface area contributed by atoms with E-state index in [-0.39, 0.29) is 5.56 Å². The first-order valence-corrected chi connectivity index (χ1v) is 12.4. The number of hydrogen-bond acceptors (Lipinski definition) is 7. The predicted molar refractivity (Wildman–Crippen MR) is 137 cm³/mol. The summed E-state index contributed by atoms with van der Waals surface area (Å²) >= 11 is 7.74. The Kier molecular flexibility index (Phi) is 6.83. The number of thioether (sulfide) groups is 1. The van der Waals surface area contributed by atoms with Gasteiger partial charge in [-0.25, -0.2) is 4.98 Å². The summed E-state index contributed by atoms with van der Waals surface area (Å²) in [5, 5.41) is 5.80. The summed E-state index contributed by atoms with van der Waals surface area (Å²) in [6.45, 7) is 2.85. The Balaban J connectivity index is 1.42. The van der Waals surface area contributed by atoms with E-state index in [0.717, 1.165) is 16.9 Å². The average Bonchev–Trinajstić information content (AvgIpc) is 3.36. The van der Waals surface area contributed by atoms with Gasteiger partial charge in [0.1, 0.15) is 5.75 Å². The lowest BCUT2D eigenvalue weighted by atomic mass is 10.2. The van der Waals surface area contributed by atoms with E-state index < -0.39 is 0 Å². The summed E-state index contributed by atoms with van der Waals surface area (Å²) in [5.74, 6) is 2.07. The average molecular weight is 505 g/mol. The molecule has 0 spiro atoms. The van der Waals surface area contributed by atoms with Gasteiger partial charge in [-0.15, -0.1) is 0 Å². The fraction of sp³-hybridized carbons (Fsp3) is 0.154. The standard InChI is InChI=1S/C26H21ClN4O3S/c1-2-33-19-13-11-17(12-14-19)24-29-23(34-30-24)16-35-26-28-22-10-6-4-8-20(22)25(32)31(26)15-18-7-3-5-9-21(18)27/h3-14H,2,15-16H2,1H3. The van der Waals surface area contributed by atoms with Crippen LogP contribution < -0.4 is 10.3 Å². The normalized spacial score (nSPS) is 11.1. The zero-order valence-electron chi connectivity index (χ0n) is 18.8. The predicted octanol–water partition coefficient (Wildman–Crippen LogP) is 5.84. The number of halogens is 1. The van der Waals surface area contributed by atoms with Crippen LogP contribution in [0.3, 0.4) is 0 Å². The van der Waals surface area contributed by atoms with Crippen molar-refractivity contribution >= 4 is 34.3 Å². The second-order valence-corrected chi connectivity index (χ2v) is 9.00. The molecule has 0 amide bonds. The van der Waals surface area contributed by atoms with Crippen LogP contribution in [0.2, 0.25) is 5.02 Å². The zero-order valence-corrected chi connectivity index (χ0v) is 20.4. The van der Waals surface area contributed by atoms with Crippen LogP contribution >= 0.6 is 23.4 Å². The Labute approximate surface area is 210 Å². The number of fused-ring (bicyclic) bond motifs is 1. The van der Waals surface area contributed by atoms with Crippen LogP contribution in [0.25, 0.3) is 22.3 Å². The highest BCUT2D eigenvalue weighted by Gasteiger charge is 2.16. The molecule has 7 nitrogen and oxygen atoms in total. The van der Waals surface area contributed by atoms with Crippen LogP contribution in [0.4, 0.5) is 0 Å². The van der Waals surface area contributed by atoms with Gasteiger partial charge >= 0.3 is 0 Å². The third-order valence-electron chi connectivity index (χ3n) is 5.33. The molecule has 176 valence electrons. The van der Waals surface area contributed by atoms with Gasteiger partial charge in [0.2, 0.25) is 11.7 Å². The van der Waals surface area contributed by atoms with Gasteiger partial charge in [0.15, 0.2) is 5.16 Å². The molecule has 0 aliphatic heterocycles. The van der Waals surface area contributed by atoms with Gasteiger partial charge in [-0.1, -0.05) is 58.9 Å². The Hall–Kier alpha value is -3.62. The Morgan fingerprint density at radius 3 is 2.57 bits per heavy atom. The number of nitrogens with zero attached hydrogens (tertiary/aromatic N) is 4. The molecule has 9 heteroatoms. The minimum Gasteiger partial charge on any atom is -0.494 e. The number of benzene rings is 3. The van der Waals surface area contributed by atoms with E-state index >= 15 is 0 Å². The molecule has 0 saturated heterocycles. The lowest BCUT2D eigenvalue weighted by Gasteiger charge is -2.13. The van der Waals surface area contributed by atoms with Crippen molar-refractivity contribution in [1.29, 1.82) is 0 Å². The zero-order chi connectivity index (χ0) is 24.2. The van der Waals surface area contributed by atoms with E-state index in [2.05, 4.69) is 10.1 Å². The number of ether oxygens (including phenoxy) is 1. The molecule has 0 aliphatic carbocycles. The molecular weight excluding hydrogens is 484 g/mol. The van der Waals surface area contributed by atoms with E-state index in [1.807, 2.05) is 73.7 Å². The van der Waals surface area contributed by atoms with Crippen LogP contribution in [0, 0.1) is 0 Å². The number of rotatable bonds is 8. The summed E-state index contributed by atoms with van der Waals surface area (Å²) in [7, 11) is 0. The molecule has 5 rings (SSSR count).